The molecule has 28 heavy (non-hydrogen) atoms. The second-order valence-corrected chi connectivity index (χ2v) is 8.35. The number of sulfonamides is 1. The molecule has 1 N–H and O–H groups in total. The zero-order valence-corrected chi connectivity index (χ0v) is 16.8. The first-order valence-electron chi connectivity index (χ1n) is 9.08. The van der Waals surface area contributed by atoms with Crippen molar-refractivity contribution in [3.63, 3.8) is 0 Å². The molecule has 0 saturated heterocycles. The summed E-state index contributed by atoms with van der Waals surface area (Å²) in [4.78, 5) is 13.9. The Morgan fingerprint density at radius 2 is 1.96 bits per heavy atom. The molecule has 2 aromatic carbocycles. The van der Waals surface area contributed by atoms with E-state index >= 15 is 0 Å². The second-order valence-electron chi connectivity index (χ2n) is 6.79. The average Bonchev–Trinajstić information content (AvgIpc) is 2.67. The lowest BCUT2D eigenvalue weighted by molar-refractivity contribution is -0.122. The Bertz CT molecular complexity index is 982. The van der Waals surface area contributed by atoms with Crippen molar-refractivity contribution in [1.29, 1.82) is 0 Å². The SMILES string of the molecule is COCC(=O)N1CCCc2ccc(NS(=O)(=O)/C=C/c3ccc(C)cc3)cc21. The van der Waals surface area contributed by atoms with Crippen LogP contribution in [-0.4, -0.2) is 34.6 Å². The third-order valence-electron chi connectivity index (χ3n) is 4.55. The number of carbonyl (C=O) groups is 1. The van der Waals surface area contributed by atoms with Gasteiger partial charge in [-0.2, -0.15) is 0 Å². The second kappa shape index (κ2) is 8.58. The van der Waals surface area contributed by atoms with Crippen molar-refractivity contribution in [3.05, 3.63) is 64.6 Å². The molecule has 148 valence electrons. The summed E-state index contributed by atoms with van der Waals surface area (Å²) in [7, 11) is -2.20. The van der Waals surface area contributed by atoms with Crippen LogP contribution in [0.1, 0.15) is 23.1 Å². The average molecular weight is 401 g/mol. The Morgan fingerprint density at radius 1 is 1.21 bits per heavy atom. The van der Waals surface area contributed by atoms with Crippen LogP contribution in [0.2, 0.25) is 0 Å². The largest absolute Gasteiger partial charge is 0.375 e. The monoisotopic (exact) mass is 400 g/mol. The Labute approximate surface area is 165 Å². The molecular formula is C21H24N2O4S. The number of carbonyl (C=O) groups excluding carboxylic acids is 1. The summed E-state index contributed by atoms with van der Waals surface area (Å²) in [5.74, 6) is -0.136. The van der Waals surface area contributed by atoms with E-state index in [1.165, 1.54) is 7.11 Å². The fourth-order valence-corrected chi connectivity index (χ4v) is 4.00. The number of anilines is 2. The lowest BCUT2D eigenvalue weighted by atomic mass is 10.0. The van der Waals surface area contributed by atoms with Gasteiger partial charge >= 0.3 is 0 Å². The molecule has 0 bridgehead atoms. The first-order chi connectivity index (χ1) is 13.4. The molecule has 2 aromatic rings. The molecule has 0 radical (unpaired) electrons. The third-order valence-corrected chi connectivity index (χ3v) is 5.56. The van der Waals surface area contributed by atoms with E-state index in [9.17, 15) is 13.2 Å². The van der Waals surface area contributed by atoms with E-state index < -0.39 is 10.0 Å². The van der Waals surface area contributed by atoms with Gasteiger partial charge < -0.3 is 9.64 Å². The lowest BCUT2D eigenvalue weighted by Gasteiger charge is -2.29. The standard InChI is InChI=1S/C21H24N2O4S/c1-16-5-7-17(8-6-16)11-13-28(25,26)22-19-10-9-18-4-3-12-23(20(18)14-19)21(24)15-27-2/h5-11,13-14,22H,3-4,12,15H2,1-2H3/b13-11+. The van der Waals surface area contributed by atoms with Gasteiger partial charge in [0.05, 0.1) is 11.1 Å². The van der Waals surface area contributed by atoms with Crippen LogP contribution in [0.4, 0.5) is 11.4 Å². The van der Waals surface area contributed by atoms with Gasteiger partial charge in [-0.15, -0.1) is 0 Å². The molecule has 0 spiro atoms. The molecule has 1 aliphatic rings. The maximum atomic E-state index is 12.4. The Balaban J connectivity index is 1.79. The van der Waals surface area contributed by atoms with Crippen LogP contribution >= 0.6 is 0 Å². The zero-order valence-electron chi connectivity index (χ0n) is 16.0. The summed E-state index contributed by atoms with van der Waals surface area (Å²) < 4.78 is 32.4. The van der Waals surface area contributed by atoms with Gasteiger partial charge in [0.1, 0.15) is 6.61 Å². The number of amides is 1. The predicted molar refractivity (Wildman–Crippen MR) is 112 cm³/mol. The van der Waals surface area contributed by atoms with E-state index in [1.807, 2.05) is 37.3 Å². The molecule has 1 amide bonds. The van der Waals surface area contributed by atoms with Crippen LogP contribution in [0, 0.1) is 6.92 Å². The number of hydrogen-bond acceptors (Lipinski definition) is 4. The van der Waals surface area contributed by atoms with Gasteiger partial charge in [-0.05, 0) is 49.1 Å². The number of benzene rings is 2. The number of fused-ring (bicyclic) bond motifs is 1. The zero-order chi connectivity index (χ0) is 20.1. The minimum absolute atomic E-state index is 0.00528. The molecular weight excluding hydrogens is 376 g/mol. The third kappa shape index (κ3) is 4.99. The summed E-state index contributed by atoms with van der Waals surface area (Å²) in [6, 6.07) is 12.9. The van der Waals surface area contributed by atoms with Crippen LogP contribution in [0.5, 0.6) is 0 Å². The van der Waals surface area contributed by atoms with E-state index in [2.05, 4.69) is 4.72 Å². The maximum absolute atomic E-state index is 12.4. The number of rotatable bonds is 6. The first-order valence-corrected chi connectivity index (χ1v) is 10.6. The highest BCUT2D eigenvalue weighted by molar-refractivity contribution is 7.95. The molecule has 0 aliphatic carbocycles. The van der Waals surface area contributed by atoms with E-state index in [0.29, 0.717) is 12.2 Å². The van der Waals surface area contributed by atoms with E-state index in [4.69, 9.17) is 4.74 Å². The molecule has 0 fully saturated rings. The Hall–Kier alpha value is -2.64. The molecule has 0 unspecified atom stereocenters. The first kappa shape index (κ1) is 20.1. The van der Waals surface area contributed by atoms with Crippen LogP contribution in [0.25, 0.3) is 6.08 Å². The van der Waals surface area contributed by atoms with E-state index in [0.717, 1.165) is 40.6 Å². The van der Waals surface area contributed by atoms with Crippen molar-refractivity contribution in [2.45, 2.75) is 19.8 Å². The molecule has 3 rings (SSSR count). The molecule has 1 aliphatic heterocycles. The van der Waals surface area contributed by atoms with Gasteiger partial charge in [-0.3, -0.25) is 9.52 Å². The number of ether oxygens (including phenoxy) is 1. The molecule has 1 heterocycles. The Kier molecular flexibility index (Phi) is 6.16. The highest BCUT2D eigenvalue weighted by Crippen LogP contribution is 2.30. The molecule has 7 heteroatoms. The molecule has 0 aromatic heterocycles. The van der Waals surface area contributed by atoms with Crippen LogP contribution in [0.3, 0.4) is 0 Å². The van der Waals surface area contributed by atoms with Gasteiger partial charge in [0.15, 0.2) is 0 Å². The molecule has 6 nitrogen and oxygen atoms in total. The minimum atomic E-state index is -3.68. The van der Waals surface area contributed by atoms with Crippen LogP contribution in [-0.2, 0) is 26.0 Å². The van der Waals surface area contributed by atoms with Crippen molar-refractivity contribution < 1.29 is 17.9 Å². The van der Waals surface area contributed by atoms with Crippen LogP contribution < -0.4 is 9.62 Å². The highest BCUT2D eigenvalue weighted by Gasteiger charge is 2.23. The molecule has 0 atom stereocenters. The number of nitrogens with one attached hydrogen (secondary N) is 1. The fourth-order valence-electron chi connectivity index (χ4n) is 3.14. The fraction of sp³-hybridized carbons (Fsp3) is 0.286. The van der Waals surface area contributed by atoms with Crippen molar-refractivity contribution in [2.24, 2.45) is 0 Å². The maximum Gasteiger partial charge on any atom is 0.255 e. The summed E-state index contributed by atoms with van der Waals surface area (Å²) in [5.41, 5.74) is 4.09. The van der Waals surface area contributed by atoms with Crippen molar-refractivity contribution in [3.8, 4) is 0 Å². The van der Waals surface area contributed by atoms with E-state index in [-0.39, 0.29) is 12.5 Å². The predicted octanol–water partition coefficient (Wildman–Crippen LogP) is 3.33. The summed E-state index contributed by atoms with van der Waals surface area (Å²) in [5, 5.41) is 1.14. The molecule has 0 saturated carbocycles. The quantitative estimate of drug-likeness (QED) is 0.807. The number of hydrogen-bond donors (Lipinski definition) is 1. The minimum Gasteiger partial charge on any atom is -0.375 e. The number of aryl methyl sites for hydroxylation is 2. The van der Waals surface area contributed by atoms with Gasteiger partial charge in [-0.25, -0.2) is 8.42 Å². The highest BCUT2D eigenvalue weighted by atomic mass is 32.2. The summed E-state index contributed by atoms with van der Waals surface area (Å²) in [6.07, 6.45) is 3.27. The van der Waals surface area contributed by atoms with Gasteiger partial charge in [-0.1, -0.05) is 35.9 Å². The van der Waals surface area contributed by atoms with Gasteiger partial charge in [0.2, 0.25) is 0 Å². The van der Waals surface area contributed by atoms with Crippen molar-refractivity contribution >= 4 is 33.4 Å². The van der Waals surface area contributed by atoms with Gasteiger partial charge in [0.25, 0.3) is 15.9 Å². The Morgan fingerprint density at radius 3 is 2.68 bits per heavy atom. The smallest absolute Gasteiger partial charge is 0.255 e. The summed E-state index contributed by atoms with van der Waals surface area (Å²) >= 11 is 0. The normalized spacial score (nSPS) is 14.1. The number of nitrogens with zero attached hydrogens (tertiary/aromatic N) is 1. The van der Waals surface area contributed by atoms with Gasteiger partial charge in [0, 0.05) is 19.3 Å². The topological polar surface area (TPSA) is 75.7 Å². The van der Waals surface area contributed by atoms with E-state index in [1.54, 1.807) is 23.1 Å². The van der Waals surface area contributed by atoms with Crippen molar-refractivity contribution in [1.82, 2.24) is 0 Å². The van der Waals surface area contributed by atoms with Crippen molar-refractivity contribution in [2.75, 3.05) is 29.9 Å². The summed E-state index contributed by atoms with van der Waals surface area (Å²) in [6.45, 7) is 2.57. The van der Waals surface area contributed by atoms with Crippen LogP contribution in [0.15, 0.2) is 47.9 Å². The number of methoxy groups -OCH3 is 1. The lowest BCUT2D eigenvalue weighted by Crippen LogP contribution is -2.37.